The van der Waals surface area contributed by atoms with Gasteiger partial charge in [-0.15, -0.1) is 0 Å². The van der Waals surface area contributed by atoms with E-state index in [9.17, 15) is 9.59 Å². The largest absolute Gasteiger partial charge is 0.481 e. The van der Waals surface area contributed by atoms with Crippen LogP contribution in [-0.4, -0.2) is 22.2 Å². The van der Waals surface area contributed by atoms with E-state index in [0.29, 0.717) is 0 Å². The molecule has 0 fully saturated rings. The molecule has 5 nitrogen and oxygen atoms in total. The van der Waals surface area contributed by atoms with Gasteiger partial charge >= 0.3 is 11.9 Å². The van der Waals surface area contributed by atoms with E-state index in [-0.39, 0.29) is 0 Å². The van der Waals surface area contributed by atoms with Crippen molar-refractivity contribution in [2.45, 2.75) is 12.5 Å². The van der Waals surface area contributed by atoms with Crippen molar-refractivity contribution >= 4 is 22.7 Å². The van der Waals surface area contributed by atoms with Crippen LogP contribution >= 0.6 is 0 Å². The van der Waals surface area contributed by atoms with Gasteiger partial charge < -0.3 is 10.2 Å². The molecule has 1 heterocycles. The Labute approximate surface area is 103 Å². The zero-order valence-electron chi connectivity index (χ0n) is 9.48. The Morgan fingerprint density at radius 2 is 1.78 bits per heavy atom. The van der Waals surface area contributed by atoms with Crippen LogP contribution in [-0.2, 0) is 9.59 Å². The lowest BCUT2D eigenvalue weighted by molar-refractivity contribution is -0.708. The third-order valence-electron chi connectivity index (χ3n) is 2.72. The number of nitrogens with zero attached hydrogens (tertiary/aromatic N) is 1. The van der Waals surface area contributed by atoms with Crippen molar-refractivity contribution in [2.24, 2.45) is 0 Å². The summed E-state index contributed by atoms with van der Waals surface area (Å²) in [5, 5.41) is 19.6. The molecule has 0 aliphatic carbocycles. The van der Waals surface area contributed by atoms with Crippen molar-refractivity contribution in [3.8, 4) is 0 Å². The number of rotatable bonds is 4. The Morgan fingerprint density at radius 3 is 2.39 bits per heavy atom. The zero-order valence-corrected chi connectivity index (χ0v) is 9.48. The number of carbonyl (C=O) groups is 2. The van der Waals surface area contributed by atoms with E-state index >= 15 is 0 Å². The molecule has 0 spiro atoms. The maximum absolute atomic E-state index is 11.1. The van der Waals surface area contributed by atoms with Crippen molar-refractivity contribution in [3.05, 3.63) is 42.7 Å². The molecule has 1 atom stereocenters. The topological polar surface area (TPSA) is 78.5 Å². The minimum absolute atomic E-state index is 0.446. The number of hydrogen-bond acceptors (Lipinski definition) is 2. The quantitative estimate of drug-likeness (QED) is 0.795. The molecule has 18 heavy (non-hydrogen) atoms. The van der Waals surface area contributed by atoms with E-state index in [4.69, 9.17) is 10.2 Å². The van der Waals surface area contributed by atoms with Crippen LogP contribution in [0.5, 0.6) is 0 Å². The fraction of sp³-hybridized carbons (Fsp3) is 0.154. The summed E-state index contributed by atoms with van der Waals surface area (Å²) in [4.78, 5) is 21.8. The van der Waals surface area contributed by atoms with E-state index in [0.717, 1.165) is 10.8 Å². The van der Waals surface area contributed by atoms with Gasteiger partial charge in [0.1, 0.15) is 6.42 Å². The molecule has 2 rings (SSSR count). The van der Waals surface area contributed by atoms with Crippen molar-refractivity contribution in [1.29, 1.82) is 0 Å². The second-order valence-corrected chi connectivity index (χ2v) is 3.97. The first-order valence-corrected chi connectivity index (χ1v) is 5.42. The molecule has 2 N–H and O–H groups in total. The molecular weight excluding hydrogens is 234 g/mol. The summed E-state index contributed by atoms with van der Waals surface area (Å²) in [6, 6.07) is 8.18. The Balaban J connectivity index is 2.44. The highest BCUT2D eigenvalue weighted by atomic mass is 16.4. The van der Waals surface area contributed by atoms with E-state index < -0.39 is 24.4 Å². The highest BCUT2D eigenvalue weighted by molar-refractivity contribution is 5.81. The van der Waals surface area contributed by atoms with Crippen molar-refractivity contribution in [1.82, 2.24) is 0 Å². The van der Waals surface area contributed by atoms with E-state index in [1.807, 2.05) is 24.3 Å². The number of benzene rings is 1. The molecule has 1 aromatic heterocycles. The van der Waals surface area contributed by atoms with Gasteiger partial charge in [-0.25, -0.2) is 4.79 Å². The van der Waals surface area contributed by atoms with Crippen molar-refractivity contribution in [3.63, 3.8) is 0 Å². The zero-order chi connectivity index (χ0) is 13.1. The maximum Gasteiger partial charge on any atom is 0.374 e. The normalized spacial score (nSPS) is 12.2. The van der Waals surface area contributed by atoms with Gasteiger partial charge in [0.2, 0.25) is 0 Å². The lowest BCUT2D eigenvalue weighted by atomic mass is 10.1. The Kier molecular flexibility index (Phi) is 3.23. The molecule has 0 saturated heterocycles. The number of hydrogen-bond donors (Lipinski definition) is 2. The monoisotopic (exact) mass is 246 g/mol. The number of pyridine rings is 1. The van der Waals surface area contributed by atoms with Gasteiger partial charge in [-0.05, 0) is 11.5 Å². The van der Waals surface area contributed by atoms with Crippen molar-refractivity contribution in [2.75, 3.05) is 0 Å². The van der Waals surface area contributed by atoms with Gasteiger partial charge in [0.15, 0.2) is 12.4 Å². The van der Waals surface area contributed by atoms with Gasteiger partial charge in [-0.1, -0.05) is 18.2 Å². The van der Waals surface area contributed by atoms with Crippen LogP contribution in [0.1, 0.15) is 12.5 Å². The van der Waals surface area contributed by atoms with Gasteiger partial charge in [0, 0.05) is 11.5 Å². The summed E-state index contributed by atoms with van der Waals surface area (Å²) >= 11 is 0. The fourth-order valence-electron chi connectivity index (χ4n) is 1.83. The molecule has 0 bridgehead atoms. The average Bonchev–Trinajstić information content (AvgIpc) is 2.35. The van der Waals surface area contributed by atoms with Gasteiger partial charge in [-0.2, -0.15) is 4.57 Å². The predicted molar refractivity (Wildman–Crippen MR) is 63.1 cm³/mol. The number of carboxylic acids is 2. The predicted octanol–water partition coefficient (Wildman–Crippen LogP) is 1.23. The fourth-order valence-corrected chi connectivity index (χ4v) is 1.83. The van der Waals surface area contributed by atoms with Crippen LogP contribution in [0.4, 0.5) is 0 Å². The third kappa shape index (κ3) is 2.45. The molecule has 0 saturated carbocycles. The molecule has 92 valence electrons. The Morgan fingerprint density at radius 1 is 1.11 bits per heavy atom. The molecule has 5 heteroatoms. The summed E-state index contributed by atoms with van der Waals surface area (Å²) in [6.07, 6.45) is 2.79. The van der Waals surface area contributed by atoms with Gasteiger partial charge in [0.05, 0.1) is 0 Å². The van der Waals surface area contributed by atoms with Crippen LogP contribution in [0, 0.1) is 0 Å². The Bertz CT molecular complexity index is 609. The molecule has 1 aromatic carbocycles. The number of aromatic nitrogens is 1. The second-order valence-electron chi connectivity index (χ2n) is 3.97. The lowest BCUT2D eigenvalue weighted by Crippen LogP contribution is -2.44. The molecule has 0 amide bonds. The number of fused-ring (bicyclic) bond motifs is 1. The van der Waals surface area contributed by atoms with Crippen molar-refractivity contribution < 1.29 is 24.4 Å². The van der Waals surface area contributed by atoms with E-state index in [2.05, 4.69) is 0 Å². The molecule has 0 aliphatic heterocycles. The first-order valence-electron chi connectivity index (χ1n) is 5.42. The summed E-state index contributed by atoms with van der Waals surface area (Å²) in [5.41, 5.74) is 0. The third-order valence-corrected chi connectivity index (χ3v) is 2.72. The van der Waals surface area contributed by atoms with Crippen LogP contribution in [0.25, 0.3) is 10.8 Å². The number of carboxylic acid groups (broad SMARTS) is 2. The van der Waals surface area contributed by atoms with Gasteiger partial charge in [-0.3, -0.25) is 4.79 Å². The van der Waals surface area contributed by atoms with Crippen LogP contribution in [0.15, 0.2) is 42.7 Å². The minimum atomic E-state index is -1.15. The molecule has 1 unspecified atom stereocenters. The lowest BCUT2D eigenvalue weighted by Gasteiger charge is -2.06. The van der Waals surface area contributed by atoms with E-state index in [1.54, 1.807) is 18.5 Å². The molecular formula is C13H12NO4+. The summed E-state index contributed by atoms with van der Waals surface area (Å²) in [6.45, 7) is 0. The maximum atomic E-state index is 11.1. The first-order chi connectivity index (χ1) is 8.58. The van der Waals surface area contributed by atoms with Crippen LogP contribution in [0.3, 0.4) is 0 Å². The van der Waals surface area contributed by atoms with Gasteiger partial charge in [0.25, 0.3) is 6.04 Å². The smallest absolute Gasteiger partial charge is 0.374 e. The molecule has 0 radical (unpaired) electrons. The second kappa shape index (κ2) is 4.83. The standard InChI is InChI=1S/C13H11NO4/c15-12(16)7-11(13(17)18)14-6-5-9-3-1-2-4-10(9)8-14/h1-6,8,11H,7H2,(H-,15,16,17,18)/p+1. The number of aliphatic carboxylic acids is 2. The highest BCUT2D eigenvalue weighted by Crippen LogP contribution is 2.12. The first kappa shape index (κ1) is 12.0. The summed E-state index contributed by atoms with van der Waals surface area (Å²) < 4.78 is 1.42. The SMILES string of the molecule is O=C(O)CC(C(=O)O)[n+]1ccc2ccccc2c1. The average molecular weight is 246 g/mol. The highest BCUT2D eigenvalue weighted by Gasteiger charge is 2.29. The Hall–Kier alpha value is -2.43. The minimum Gasteiger partial charge on any atom is -0.481 e. The summed E-state index contributed by atoms with van der Waals surface area (Å²) in [7, 11) is 0. The summed E-state index contributed by atoms with van der Waals surface area (Å²) in [5.74, 6) is -2.29. The van der Waals surface area contributed by atoms with Crippen LogP contribution in [0.2, 0.25) is 0 Å². The van der Waals surface area contributed by atoms with E-state index in [1.165, 1.54) is 4.57 Å². The molecule has 2 aromatic rings. The van der Waals surface area contributed by atoms with Crippen LogP contribution < -0.4 is 4.57 Å². The molecule has 0 aliphatic rings.